The monoisotopic (exact) mass is 247 g/mol. The van der Waals surface area contributed by atoms with Gasteiger partial charge in [-0.2, -0.15) is 0 Å². The molecule has 5 nitrogen and oxygen atoms in total. The number of aliphatic hydroxyl groups is 2. The van der Waals surface area contributed by atoms with Crippen molar-refractivity contribution in [1.82, 2.24) is 5.32 Å². The molecule has 102 valence electrons. The second kappa shape index (κ2) is 8.83. The Hall–Kier alpha value is -0.200. The van der Waals surface area contributed by atoms with Crippen LogP contribution in [0.2, 0.25) is 0 Å². The molecule has 5 heteroatoms. The molecule has 1 saturated carbocycles. The van der Waals surface area contributed by atoms with Gasteiger partial charge in [0, 0.05) is 32.9 Å². The molecular formula is C12H25NO4. The van der Waals surface area contributed by atoms with Crippen LogP contribution < -0.4 is 5.32 Å². The molecule has 0 radical (unpaired) electrons. The van der Waals surface area contributed by atoms with Gasteiger partial charge in [-0.15, -0.1) is 0 Å². The maximum atomic E-state index is 9.68. The smallest absolute Gasteiger partial charge is 0.0897 e. The summed E-state index contributed by atoms with van der Waals surface area (Å²) in [6.07, 6.45) is 2.66. The van der Waals surface area contributed by atoms with Crippen molar-refractivity contribution in [2.45, 2.75) is 31.4 Å². The highest BCUT2D eigenvalue weighted by atomic mass is 16.5. The molecule has 0 aromatic heterocycles. The third-order valence-corrected chi connectivity index (χ3v) is 2.85. The minimum atomic E-state index is -0.494. The number of hydrogen-bond donors (Lipinski definition) is 3. The van der Waals surface area contributed by atoms with Gasteiger partial charge in [-0.05, 0) is 25.2 Å². The predicted octanol–water partition coefficient (Wildman–Crippen LogP) is -0.239. The fourth-order valence-electron chi connectivity index (χ4n) is 1.62. The molecule has 0 bridgehead atoms. The Morgan fingerprint density at radius 1 is 1.35 bits per heavy atom. The van der Waals surface area contributed by atoms with Crippen molar-refractivity contribution in [3.8, 4) is 0 Å². The van der Waals surface area contributed by atoms with Crippen LogP contribution in [0.4, 0.5) is 0 Å². The summed E-state index contributed by atoms with van der Waals surface area (Å²) in [5.41, 5.74) is 0. The van der Waals surface area contributed by atoms with Gasteiger partial charge in [-0.1, -0.05) is 0 Å². The third kappa shape index (κ3) is 7.68. The van der Waals surface area contributed by atoms with E-state index in [1.54, 1.807) is 7.11 Å². The van der Waals surface area contributed by atoms with Crippen LogP contribution >= 0.6 is 0 Å². The van der Waals surface area contributed by atoms with Gasteiger partial charge in [0.2, 0.25) is 0 Å². The van der Waals surface area contributed by atoms with Crippen LogP contribution in [0.5, 0.6) is 0 Å². The Balaban J connectivity index is 2.00. The zero-order valence-electron chi connectivity index (χ0n) is 10.6. The quantitative estimate of drug-likeness (QED) is 0.470. The van der Waals surface area contributed by atoms with Gasteiger partial charge < -0.3 is 25.0 Å². The highest BCUT2D eigenvalue weighted by molar-refractivity contribution is 4.73. The molecule has 0 aromatic carbocycles. The van der Waals surface area contributed by atoms with Gasteiger partial charge in [0.1, 0.15) is 0 Å². The molecule has 0 spiro atoms. The largest absolute Gasteiger partial charge is 0.396 e. The summed E-state index contributed by atoms with van der Waals surface area (Å²) in [5, 5.41) is 21.7. The lowest BCUT2D eigenvalue weighted by atomic mass is 10.2. The first-order valence-electron chi connectivity index (χ1n) is 6.35. The number of hydrogen-bond acceptors (Lipinski definition) is 5. The van der Waals surface area contributed by atoms with Crippen molar-refractivity contribution in [2.24, 2.45) is 5.92 Å². The van der Waals surface area contributed by atoms with Gasteiger partial charge >= 0.3 is 0 Å². The molecular weight excluding hydrogens is 222 g/mol. The maximum absolute atomic E-state index is 9.68. The first kappa shape index (κ1) is 14.9. The highest BCUT2D eigenvalue weighted by Gasteiger charge is 2.21. The van der Waals surface area contributed by atoms with Crippen molar-refractivity contribution in [2.75, 3.05) is 40.1 Å². The molecule has 2 unspecified atom stereocenters. The minimum Gasteiger partial charge on any atom is -0.396 e. The lowest BCUT2D eigenvalue weighted by Gasteiger charge is -2.19. The van der Waals surface area contributed by atoms with Crippen molar-refractivity contribution >= 4 is 0 Å². The molecule has 1 aliphatic rings. The summed E-state index contributed by atoms with van der Waals surface area (Å²) in [4.78, 5) is 0. The average Bonchev–Trinajstić information content (AvgIpc) is 3.10. The van der Waals surface area contributed by atoms with Crippen LogP contribution in [-0.4, -0.2) is 62.4 Å². The van der Waals surface area contributed by atoms with Gasteiger partial charge in [0.25, 0.3) is 0 Å². The van der Waals surface area contributed by atoms with Crippen LogP contribution in [0.3, 0.4) is 0 Å². The van der Waals surface area contributed by atoms with Crippen LogP contribution in [0.1, 0.15) is 19.3 Å². The van der Waals surface area contributed by atoms with E-state index in [4.69, 9.17) is 14.6 Å². The van der Waals surface area contributed by atoms with E-state index in [-0.39, 0.29) is 12.6 Å². The topological polar surface area (TPSA) is 71.0 Å². The minimum absolute atomic E-state index is 0.0862. The van der Waals surface area contributed by atoms with Crippen molar-refractivity contribution in [3.05, 3.63) is 0 Å². The summed E-state index contributed by atoms with van der Waals surface area (Å²) in [6, 6.07) is 0.0862. The number of methoxy groups -OCH3 is 1. The normalized spacial score (nSPS) is 19.2. The fraction of sp³-hybridized carbons (Fsp3) is 1.00. The second-order valence-electron chi connectivity index (χ2n) is 4.71. The predicted molar refractivity (Wildman–Crippen MR) is 64.9 cm³/mol. The zero-order chi connectivity index (χ0) is 12.5. The first-order valence-corrected chi connectivity index (χ1v) is 6.35. The van der Waals surface area contributed by atoms with E-state index in [1.807, 2.05) is 0 Å². The SMILES string of the molecule is COCC(CCO)NCC(O)COCC1CC1. The Labute approximate surface area is 103 Å². The summed E-state index contributed by atoms with van der Waals surface area (Å²) >= 11 is 0. The van der Waals surface area contributed by atoms with Crippen LogP contribution in [0.15, 0.2) is 0 Å². The van der Waals surface area contributed by atoms with Gasteiger partial charge in [-0.25, -0.2) is 0 Å². The first-order chi connectivity index (χ1) is 8.26. The van der Waals surface area contributed by atoms with E-state index in [0.717, 1.165) is 12.5 Å². The molecule has 0 heterocycles. The molecule has 0 aromatic rings. The fourth-order valence-corrected chi connectivity index (χ4v) is 1.62. The van der Waals surface area contributed by atoms with E-state index >= 15 is 0 Å². The van der Waals surface area contributed by atoms with Crippen molar-refractivity contribution in [1.29, 1.82) is 0 Å². The molecule has 1 rings (SSSR count). The van der Waals surface area contributed by atoms with E-state index in [9.17, 15) is 5.11 Å². The molecule has 17 heavy (non-hydrogen) atoms. The third-order valence-electron chi connectivity index (χ3n) is 2.85. The van der Waals surface area contributed by atoms with Gasteiger partial charge in [0.05, 0.1) is 19.3 Å². The lowest BCUT2D eigenvalue weighted by molar-refractivity contribution is 0.0288. The maximum Gasteiger partial charge on any atom is 0.0897 e. The van der Waals surface area contributed by atoms with E-state index < -0.39 is 6.10 Å². The summed E-state index contributed by atoms with van der Waals surface area (Å²) in [5.74, 6) is 0.728. The summed E-state index contributed by atoms with van der Waals surface area (Å²) in [6.45, 7) is 2.28. The van der Waals surface area contributed by atoms with Crippen LogP contribution in [0, 0.1) is 5.92 Å². The van der Waals surface area contributed by atoms with Gasteiger partial charge in [-0.3, -0.25) is 0 Å². The Kier molecular flexibility index (Phi) is 7.72. The average molecular weight is 247 g/mol. The second-order valence-corrected chi connectivity index (χ2v) is 4.71. The van der Waals surface area contributed by atoms with Gasteiger partial charge in [0.15, 0.2) is 0 Å². The molecule has 2 atom stereocenters. The van der Waals surface area contributed by atoms with E-state index in [1.165, 1.54) is 12.8 Å². The summed E-state index contributed by atoms with van der Waals surface area (Å²) < 4.78 is 10.4. The van der Waals surface area contributed by atoms with Crippen LogP contribution in [-0.2, 0) is 9.47 Å². The Bertz CT molecular complexity index is 181. The molecule has 0 saturated heterocycles. The Morgan fingerprint density at radius 2 is 2.12 bits per heavy atom. The highest BCUT2D eigenvalue weighted by Crippen LogP contribution is 2.28. The number of ether oxygens (including phenoxy) is 2. The zero-order valence-corrected chi connectivity index (χ0v) is 10.6. The van der Waals surface area contributed by atoms with Crippen molar-refractivity contribution in [3.63, 3.8) is 0 Å². The molecule has 3 N–H and O–H groups in total. The van der Waals surface area contributed by atoms with Crippen LogP contribution in [0.25, 0.3) is 0 Å². The molecule has 0 amide bonds. The van der Waals surface area contributed by atoms with E-state index in [0.29, 0.717) is 26.2 Å². The molecule has 1 aliphatic carbocycles. The molecule has 1 fully saturated rings. The number of nitrogens with one attached hydrogen (secondary N) is 1. The van der Waals surface area contributed by atoms with Crippen molar-refractivity contribution < 1.29 is 19.7 Å². The number of aliphatic hydroxyl groups excluding tert-OH is 2. The summed E-state index contributed by atoms with van der Waals surface area (Å²) in [7, 11) is 1.63. The number of rotatable bonds is 11. The standard InChI is InChI=1S/C12H25NO4/c1-16-8-11(4-5-14)13-6-12(15)9-17-7-10-2-3-10/h10-15H,2-9H2,1H3. The lowest BCUT2D eigenvalue weighted by Crippen LogP contribution is -2.40. The molecule has 0 aliphatic heterocycles. The van der Waals surface area contributed by atoms with E-state index in [2.05, 4.69) is 5.32 Å². The Morgan fingerprint density at radius 3 is 2.71 bits per heavy atom.